The molecule has 142 valence electrons. The molecule has 2 unspecified atom stereocenters. The van der Waals surface area contributed by atoms with Crippen LogP contribution in [0.1, 0.15) is 19.8 Å². The highest BCUT2D eigenvalue weighted by Crippen LogP contribution is 2.23. The maximum absolute atomic E-state index is 12.6. The molecule has 0 aliphatic carbocycles. The highest BCUT2D eigenvalue weighted by Gasteiger charge is 2.31. The number of sulfonamides is 1. The van der Waals surface area contributed by atoms with Gasteiger partial charge in [0.25, 0.3) is 0 Å². The number of carbonyl (C=O) groups excluding carboxylic acids is 1. The van der Waals surface area contributed by atoms with E-state index in [1.54, 1.807) is 4.90 Å². The van der Waals surface area contributed by atoms with Crippen LogP contribution < -0.4 is 5.73 Å². The summed E-state index contributed by atoms with van der Waals surface area (Å²) >= 11 is 5.79. The fourth-order valence-corrected chi connectivity index (χ4v) is 4.20. The van der Waals surface area contributed by atoms with Crippen LogP contribution >= 0.6 is 24.0 Å². The number of hydrogen-bond donors (Lipinski definition) is 1. The molecule has 1 aromatic rings. The van der Waals surface area contributed by atoms with Gasteiger partial charge < -0.3 is 10.6 Å². The van der Waals surface area contributed by atoms with E-state index in [1.165, 1.54) is 31.3 Å². The van der Waals surface area contributed by atoms with Crippen molar-refractivity contribution in [1.82, 2.24) is 9.21 Å². The molecule has 1 aliphatic heterocycles. The molecule has 1 saturated heterocycles. The number of likely N-dealkylation sites (N-methyl/N-ethyl adjacent to an activating group) is 1. The third-order valence-corrected chi connectivity index (χ3v) is 6.52. The largest absolute Gasteiger partial charge is 0.337 e. The first-order chi connectivity index (χ1) is 11.3. The molecule has 1 aliphatic rings. The summed E-state index contributed by atoms with van der Waals surface area (Å²) in [4.78, 5) is 14.4. The predicted molar refractivity (Wildman–Crippen MR) is 101 cm³/mol. The van der Waals surface area contributed by atoms with Gasteiger partial charge in [-0.15, -0.1) is 12.4 Å². The van der Waals surface area contributed by atoms with Crippen LogP contribution in [0.5, 0.6) is 0 Å². The Morgan fingerprint density at radius 3 is 2.52 bits per heavy atom. The Hall–Kier alpha value is -0.860. The lowest BCUT2D eigenvalue weighted by Gasteiger charge is -2.38. The number of carbonyl (C=O) groups is 1. The first kappa shape index (κ1) is 22.2. The van der Waals surface area contributed by atoms with Gasteiger partial charge in [0.15, 0.2) is 0 Å². The lowest BCUT2D eigenvalue weighted by molar-refractivity contribution is -0.135. The third-order valence-electron chi connectivity index (χ3n) is 4.45. The predicted octanol–water partition coefficient (Wildman–Crippen LogP) is 1.97. The quantitative estimate of drug-likeness (QED) is 0.805. The summed E-state index contributed by atoms with van der Waals surface area (Å²) in [6.07, 6.45) is 1.77. The lowest BCUT2D eigenvalue weighted by Crippen LogP contribution is -2.52. The normalized spacial score (nSPS) is 21.1. The molecule has 1 aromatic carbocycles. The van der Waals surface area contributed by atoms with E-state index in [0.29, 0.717) is 24.0 Å². The van der Waals surface area contributed by atoms with Crippen molar-refractivity contribution in [3.05, 3.63) is 29.3 Å². The van der Waals surface area contributed by atoms with Gasteiger partial charge >= 0.3 is 0 Å². The van der Waals surface area contributed by atoms with Crippen molar-refractivity contribution in [3.63, 3.8) is 0 Å². The summed E-state index contributed by atoms with van der Waals surface area (Å²) in [5, 5.41) is 0.459. The average Bonchev–Trinajstić information content (AvgIpc) is 2.54. The van der Waals surface area contributed by atoms with Crippen molar-refractivity contribution in [1.29, 1.82) is 0 Å². The fourth-order valence-electron chi connectivity index (χ4n) is 2.96. The number of likely N-dealkylation sites (tertiary alicyclic amines) is 1. The summed E-state index contributed by atoms with van der Waals surface area (Å²) in [6.45, 7) is 2.96. The Morgan fingerprint density at radius 2 is 1.96 bits per heavy atom. The van der Waals surface area contributed by atoms with Crippen LogP contribution in [0.3, 0.4) is 0 Å². The Morgan fingerprint density at radius 1 is 1.36 bits per heavy atom. The van der Waals surface area contributed by atoms with E-state index in [0.717, 1.165) is 17.1 Å². The van der Waals surface area contributed by atoms with E-state index in [-0.39, 0.29) is 35.8 Å². The van der Waals surface area contributed by atoms with E-state index in [4.69, 9.17) is 17.3 Å². The minimum absolute atomic E-state index is 0. The summed E-state index contributed by atoms with van der Waals surface area (Å²) in [5.74, 6) is 0.315. The second-order valence-electron chi connectivity index (χ2n) is 6.32. The maximum Gasteiger partial charge on any atom is 0.243 e. The van der Waals surface area contributed by atoms with E-state index in [2.05, 4.69) is 6.92 Å². The number of halogens is 2. The molecule has 2 N–H and O–H groups in total. The minimum atomic E-state index is -3.73. The standard InChI is InChI=1S/C16H24ClN3O3S.ClH/c1-12-7-8-20(14(9-12)10-18)16(21)11-19(2)24(22,23)15-5-3-13(17)4-6-15;/h3-6,12,14H,7-11,18H2,1-2H3;1H. The van der Waals surface area contributed by atoms with Crippen molar-refractivity contribution in [2.24, 2.45) is 11.7 Å². The van der Waals surface area contributed by atoms with E-state index in [1.807, 2.05) is 0 Å². The molecule has 1 fully saturated rings. The van der Waals surface area contributed by atoms with Crippen LogP contribution in [0, 0.1) is 5.92 Å². The van der Waals surface area contributed by atoms with Crippen molar-refractivity contribution in [3.8, 4) is 0 Å². The zero-order valence-corrected chi connectivity index (χ0v) is 16.8. The Bertz CT molecular complexity index is 682. The maximum atomic E-state index is 12.6. The van der Waals surface area contributed by atoms with Crippen LogP contribution in [0.4, 0.5) is 0 Å². The number of nitrogens with two attached hydrogens (primary N) is 1. The van der Waals surface area contributed by atoms with E-state index >= 15 is 0 Å². The van der Waals surface area contributed by atoms with Gasteiger partial charge in [-0.1, -0.05) is 18.5 Å². The molecule has 25 heavy (non-hydrogen) atoms. The first-order valence-electron chi connectivity index (χ1n) is 7.97. The van der Waals surface area contributed by atoms with Gasteiger partial charge in [-0.05, 0) is 43.0 Å². The third kappa shape index (κ3) is 5.31. The summed E-state index contributed by atoms with van der Waals surface area (Å²) < 4.78 is 26.2. The molecule has 0 aromatic heterocycles. The highest BCUT2D eigenvalue weighted by molar-refractivity contribution is 7.89. The average molecular weight is 410 g/mol. The second kappa shape index (κ2) is 9.19. The summed E-state index contributed by atoms with van der Waals surface area (Å²) in [5.41, 5.74) is 5.78. The molecule has 1 heterocycles. The fraction of sp³-hybridized carbons (Fsp3) is 0.562. The summed E-state index contributed by atoms with van der Waals surface area (Å²) in [7, 11) is -2.32. The molecule has 0 radical (unpaired) electrons. The SMILES string of the molecule is CC1CCN(C(=O)CN(C)S(=O)(=O)c2ccc(Cl)cc2)C(CN)C1.Cl. The van der Waals surface area contributed by atoms with Gasteiger partial charge in [-0.25, -0.2) is 8.42 Å². The minimum Gasteiger partial charge on any atom is -0.337 e. The monoisotopic (exact) mass is 409 g/mol. The number of benzene rings is 1. The number of nitrogens with zero attached hydrogens (tertiary/aromatic N) is 2. The van der Waals surface area contributed by atoms with Gasteiger partial charge in [0.2, 0.25) is 15.9 Å². The molecule has 2 atom stereocenters. The van der Waals surface area contributed by atoms with Crippen molar-refractivity contribution < 1.29 is 13.2 Å². The number of piperidine rings is 1. The van der Waals surface area contributed by atoms with Gasteiger partial charge in [0, 0.05) is 31.2 Å². The van der Waals surface area contributed by atoms with Gasteiger partial charge in [0.1, 0.15) is 0 Å². The smallest absolute Gasteiger partial charge is 0.243 e. The van der Waals surface area contributed by atoms with Crippen LogP contribution in [-0.4, -0.2) is 56.3 Å². The molecular weight excluding hydrogens is 385 g/mol. The van der Waals surface area contributed by atoms with Crippen LogP contribution in [0.25, 0.3) is 0 Å². The molecule has 0 saturated carbocycles. The van der Waals surface area contributed by atoms with Crippen LogP contribution in [0.2, 0.25) is 5.02 Å². The van der Waals surface area contributed by atoms with E-state index in [9.17, 15) is 13.2 Å². The van der Waals surface area contributed by atoms with Crippen molar-refractivity contribution in [2.45, 2.75) is 30.7 Å². The Labute approximate surface area is 160 Å². The molecule has 0 spiro atoms. The molecule has 9 heteroatoms. The molecule has 6 nitrogen and oxygen atoms in total. The lowest BCUT2D eigenvalue weighted by atomic mass is 9.92. The zero-order valence-electron chi connectivity index (χ0n) is 14.4. The highest BCUT2D eigenvalue weighted by atomic mass is 35.5. The number of rotatable bonds is 5. The van der Waals surface area contributed by atoms with Gasteiger partial charge in [-0.2, -0.15) is 4.31 Å². The molecule has 2 rings (SSSR count). The molecule has 0 bridgehead atoms. The van der Waals surface area contributed by atoms with Crippen molar-refractivity contribution >= 4 is 39.9 Å². The molecule has 1 amide bonds. The number of amides is 1. The Kier molecular flexibility index (Phi) is 8.15. The summed E-state index contributed by atoms with van der Waals surface area (Å²) in [6, 6.07) is 5.88. The topological polar surface area (TPSA) is 83.7 Å². The Balaban J connectivity index is 0.00000312. The van der Waals surface area contributed by atoms with Crippen LogP contribution in [-0.2, 0) is 14.8 Å². The molecular formula is C16H25Cl2N3O3S. The van der Waals surface area contributed by atoms with Gasteiger partial charge in [-0.3, -0.25) is 4.79 Å². The van der Waals surface area contributed by atoms with Crippen molar-refractivity contribution in [2.75, 3.05) is 26.7 Å². The van der Waals surface area contributed by atoms with Gasteiger partial charge in [0.05, 0.1) is 11.4 Å². The van der Waals surface area contributed by atoms with E-state index < -0.39 is 10.0 Å². The van der Waals surface area contributed by atoms with Crippen LogP contribution in [0.15, 0.2) is 29.2 Å². The second-order valence-corrected chi connectivity index (χ2v) is 8.80. The zero-order chi connectivity index (χ0) is 17.9. The number of hydrogen-bond acceptors (Lipinski definition) is 4. The first-order valence-corrected chi connectivity index (χ1v) is 9.79.